The Morgan fingerprint density at radius 1 is 1.22 bits per heavy atom. The monoisotopic (exact) mass is 516 g/mol. The molecule has 2 aromatic heterocycles. The molecule has 1 aliphatic carbocycles. The quantitative estimate of drug-likeness (QED) is 0.432. The first kappa shape index (κ1) is 25.3. The molecule has 2 aliphatic rings. The highest BCUT2D eigenvalue weighted by atomic mass is 19.4. The third-order valence-corrected chi connectivity index (χ3v) is 7.36. The van der Waals surface area contributed by atoms with E-state index in [-0.39, 0.29) is 18.2 Å². The number of imidazole rings is 1. The van der Waals surface area contributed by atoms with Gasteiger partial charge in [0.15, 0.2) is 0 Å². The zero-order valence-corrected chi connectivity index (χ0v) is 21.1. The third kappa shape index (κ3) is 5.82. The summed E-state index contributed by atoms with van der Waals surface area (Å²) in [5.41, 5.74) is 3.19. The number of likely N-dealkylation sites (tertiary alicyclic amines) is 1. The number of aryl methyl sites for hydroxylation is 3. The second-order valence-corrected chi connectivity index (χ2v) is 10.1. The van der Waals surface area contributed by atoms with Gasteiger partial charge in [0.2, 0.25) is 0 Å². The molecule has 37 heavy (non-hydrogen) atoms. The molecule has 2 fully saturated rings. The Morgan fingerprint density at radius 2 is 1.97 bits per heavy atom. The van der Waals surface area contributed by atoms with Crippen molar-refractivity contribution >= 4 is 5.91 Å². The molecule has 0 radical (unpaired) electrons. The van der Waals surface area contributed by atoms with Gasteiger partial charge in [-0.25, -0.2) is 4.98 Å². The molecule has 0 N–H and O–H groups in total. The lowest BCUT2D eigenvalue weighted by molar-refractivity contribution is -0.274. The zero-order valence-electron chi connectivity index (χ0n) is 21.1. The number of carbonyl (C=O) groups excluding carboxylic acids is 1. The molecular formula is C26H31F3N6O2. The average Bonchev–Trinajstić information content (AvgIpc) is 3.23. The first-order valence-corrected chi connectivity index (χ1v) is 12.5. The minimum absolute atomic E-state index is 0.180. The number of benzene rings is 1. The van der Waals surface area contributed by atoms with Crippen LogP contribution in [0.15, 0.2) is 43.0 Å². The summed E-state index contributed by atoms with van der Waals surface area (Å²) in [6.07, 6.45) is 0.566. The van der Waals surface area contributed by atoms with Crippen LogP contribution in [0.2, 0.25) is 0 Å². The second kappa shape index (κ2) is 9.85. The Morgan fingerprint density at radius 3 is 2.59 bits per heavy atom. The molecule has 8 nitrogen and oxygen atoms in total. The highest BCUT2D eigenvalue weighted by Gasteiger charge is 2.56. The van der Waals surface area contributed by atoms with E-state index < -0.39 is 6.36 Å². The van der Waals surface area contributed by atoms with E-state index in [2.05, 4.69) is 32.8 Å². The Balaban J connectivity index is 1.25. The minimum atomic E-state index is -4.77. The molecule has 0 spiro atoms. The number of ether oxygens (including phenoxy) is 1. The van der Waals surface area contributed by atoms with Gasteiger partial charge in [-0.15, -0.1) is 13.2 Å². The number of halogens is 3. The number of amides is 1. The summed E-state index contributed by atoms with van der Waals surface area (Å²) < 4.78 is 45.8. The van der Waals surface area contributed by atoms with Crippen LogP contribution in [-0.4, -0.2) is 61.0 Å². The molecule has 1 aliphatic heterocycles. The lowest BCUT2D eigenvalue weighted by atomic mass is 10.1. The number of aromatic nitrogens is 4. The van der Waals surface area contributed by atoms with Crippen LogP contribution in [0.5, 0.6) is 5.75 Å². The molecule has 1 aromatic carbocycles. The van der Waals surface area contributed by atoms with Gasteiger partial charge in [-0.1, -0.05) is 12.1 Å². The molecule has 1 saturated carbocycles. The van der Waals surface area contributed by atoms with E-state index in [9.17, 15) is 18.0 Å². The van der Waals surface area contributed by atoms with Gasteiger partial charge in [0.1, 0.15) is 11.4 Å². The summed E-state index contributed by atoms with van der Waals surface area (Å²) in [6, 6.07) is 5.80. The first-order chi connectivity index (χ1) is 17.6. The van der Waals surface area contributed by atoms with E-state index in [1.807, 2.05) is 11.6 Å². The lowest BCUT2D eigenvalue weighted by Crippen LogP contribution is -2.35. The van der Waals surface area contributed by atoms with Gasteiger partial charge >= 0.3 is 6.36 Å². The fourth-order valence-corrected chi connectivity index (χ4v) is 5.47. The number of rotatable bonds is 9. The largest absolute Gasteiger partial charge is 0.573 e. The van der Waals surface area contributed by atoms with E-state index in [1.54, 1.807) is 35.1 Å². The maximum Gasteiger partial charge on any atom is 0.573 e. The van der Waals surface area contributed by atoms with Crippen LogP contribution in [0, 0.1) is 24.7 Å². The zero-order chi connectivity index (χ0) is 26.3. The van der Waals surface area contributed by atoms with Gasteiger partial charge in [-0.05, 0) is 49.3 Å². The van der Waals surface area contributed by atoms with E-state index in [4.69, 9.17) is 0 Å². The summed E-state index contributed by atoms with van der Waals surface area (Å²) in [4.78, 5) is 21.7. The van der Waals surface area contributed by atoms with Crippen LogP contribution in [-0.2, 0) is 26.7 Å². The van der Waals surface area contributed by atoms with Crippen LogP contribution in [0.1, 0.15) is 34.2 Å². The minimum Gasteiger partial charge on any atom is -0.406 e. The van der Waals surface area contributed by atoms with Crippen molar-refractivity contribution in [3.8, 4) is 5.75 Å². The average molecular weight is 517 g/mol. The maximum absolute atomic E-state index is 13.4. The Kier molecular flexibility index (Phi) is 6.74. The van der Waals surface area contributed by atoms with Crippen molar-refractivity contribution in [1.29, 1.82) is 0 Å². The van der Waals surface area contributed by atoms with Crippen molar-refractivity contribution in [3.63, 3.8) is 0 Å². The predicted octanol–water partition coefficient (Wildman–Crippen LogP) is 3.86. The predicted molar refractivity (Wildman–Crippen MR) is 129 cm³/mol. The van der Waals surface area contributed by atoms with Crippen molar-refractivity contribution in [3.05, 3.63) is 65.5 Å². The van der Waals surface area contributed by atoms with Gasteiger partial charge in [-0.3, -0.25) is 14.4 Å². The van der Waals surface area contributed by atoms with Crippen molar-refractivity contribution in [2.45, 2.75) is 39.8 Å². The molecule has 1 saturated heterocycles. The lowest BCUT2D eigenvalue weighted by Gasteiger charge is -2.25. The van der Waals surface area contributed by atoms with Crippen molar-refractivity contribution in [1.82, 2.24) is 29.1 Å². The van der Waals surface area contributed by atoms with Crippen LogP contribution < -0.4 is 4.74 Å². The van der Waals surface area contributed by atoms with Crippen LogP contribution in [0.3, 0.4) is 0 Å². The Bertz CT molecular complexity index is 1260. The molecular weight excluding hydrogens is 485 g/mol. The highest BCUT2D eigenvalue weighted by Crippen LogP contribution is 2.52. The van der Waals surface area contributed by atoms with Crippen molar-refractivity contribution in [2.24, 2.45) is 24.8 Å². The standard InChI is InChI=1S/C26H31F3N6O2/c1-4-35-11-19(17(2)31-35)10-33-12-21-22(13-33)23(21)14-34(25(36)24-15-32(3)16-30-24)9-18-6-5-7-20(8-18)37-26(27,28)29/h5-8,11,15-16,21-23H,4,9-10,12-14H2,1-3H3. The maximum atomic E-state index is 13.4. The molecule has 2 unspecified atom stereocenters. The molecule has 3 aromatic rings. The number of carbonyl (C=O) groups is 1. The van der Waals surface area contributed by atoms with Crippen LogP contribution >= 0.6 is 0 Å². The van der Waals surface area contributed by atoms with E-state index in [0.29, 0.717) is 35.6 Å². The summed E-state index contributed by atoms with van der Waals surface area (Å²) in [5.74, 6) is 0.835. The van der Waals surface area contributed by atoms with E-state index in [0.717, 1.165) is 31.9 Å². The van der Waals surface area contributed by atoms with Gasteiger partial charge in [0, 0.05) is 64.3 Å². The summed E-state index contributed by atoms with van der Waals surface area (Å²) in [6.45, 7) is 8.47. The topological polar surface area (TPSA) is 68.4 Å². The summed E-state index contributed by atoms with van der Waals surface area (Å²) in [7, 11) is 1.79. The summed E-state index contributed by atoms with van der Waals surface area (Å²) in [5, 5.41) is 4.54. The second-order valence-electron chi connectivity index (χ2n) is 10.1. The van der Waals surface area contributed by atoms with Gasteiger partial charge < -0.3 is 14.2 Å². The van der Waals surface area contributed by atoms with Gasteiger partial charge in [0.05, 0.1) is 12.0 Å². The van der Waals surface area contributed by atoms with Crippen LogP contribution in [0.4, 0.5) is 13.2 Å². The fraction of sp³-hybridized carbons (Fsp3) is 0.500. The summed E-state index contributed by atoms with van der Waals surface area (Å²) >= 11 is 0. The molecule has 2 atom stereocenters. The number of hydrogen-bond donors (Lipinski definition) is 0. The third-order valence-electron chi connectivity index (χ3n) is 7.36. The van der Waals surface area contributed by atoms with E-state index in [1.165, 1.54) is 23.8 Å². The number of alkyl halides is 3. The van der Waals surface area contributed by atoms with Crippen LogP contribution in [0.25, 0.3) is 0 Å². The van der Waals surface area contributed by atoms with Crippen molar-refractivity contribution < 1.29 is 22.7 Å². The van der Waals surface area contributed by atoms with Crippen molar-refractivity contribution in [2.75, 3.05) is 19.6 Å². The fourth-order valence-electron chi connectivity index (χ4n) is 5.47. The van der Waals surface area contributed by atoms with Gasteiger partial charge in [-0.2, -0.15) is 5.10 Å². The molecule has 5 rings (SSSR count). The molecule has 198 valence electrons. The Hall–Kier alpha value is -3.34. The Labute approximate surface area is 213 Å². The SMILES string of the molecule is CCn1cc(CN2CC3C(C2)C3CN(Cc2cccc(OC(F)(F)F)c2)C(=O)c2cn(C)cn2)c(C)n1. The molecule has 3 heterocycles. The highest BCUT2D eigenvalue weighted by molar-refractivity contribution is 5.92. The van der Waals surface area contributed by atoms with Gasteiger partial charge in [0.25, 0.3) is 5.91 Å². The number of hydrogen-bond acceptors (Lipinski definition) is 5. The molecule has 0 bridgehead atoms. The molecule has 1 amide bonds. The number of nitrogens with zero attached hydrogens (tertiary/aromatic N) is 6. The molecule has 11 heteroatoms. The normalized spacial score (nSPS) is 21.2. The number of piperidine rings is 1. The van der Waals surface area contributed by atoms with E-state index >= 15 is 0 Å². The number of fused-ring (bicyclic) bond motifs is 1. The first-order valence-electron chi connectivity index (χ1n) is 12.5. The smallest absolute Gasteiger partial charge is 0.406 e.